The summed E-state index contributed by atoms with van der Waals surface area (Å²) in [6.07, 6.45) is 0.300. The first-order chi connectivity index (χ1) is 16.8. The van der Waals surface area contributed by atoms with Gasteiger partial charge in [0.2, 0.25) is 0 Å². The number of carbonyl (C=O) groups is 2. The first-order valence-corrected chi connectivity index (χ1v) is 11.4. The molecular formula is C27H21ClFNO5. The molecule has 1 aliphatic rings. The van der Waals surface area contributed by atoms with Gasteiger partial charge in [0.25, 0.3) is 5.91 Å². The third kappa shape index (κ3) is 4.35. The fourth-order valence-electron chi connectivity index (χ4n) is 4.51. The molecule has 8 heteroatoms. The number of aromatic nitrogens is 1. The van der Waals surface area contributed by atoms with Crippen LogP contribution in [0.5, 0.6) is 11.5 Å². The second-order valence-corrected chi connectivity index (χ2v) is 8.85. The Balaban J connectivity index is 1.39. The number of carboxylic acid groups (broad SMARTS) is 1. The summed E-state index contributed by atoms with van der Waals surface area (Å²) in [4.78, 5) is 24.8. The number of rotatable bonds is 6. The largest absolute Gasteiger partial charge is 0.490 e. The SMILES string of the molecule is Cc1c(CC(=O)O)c2cc(F)ccc2n1C(=O)c1ccc(OC[C@@H]2Cc3ccccc3O2)cc1Cl. The van der Waals surface area contributed by atoms with E-state index in [1.54, 1.807) is 25.1 Å². The van der Waals surface area contributed by atoms with Crippen molar-refractivity contribution in [3.05, 3.63) is 93.9 Å². The van der Waals surface area contributed by atoms with Crippen LogP contribution in [0.15, 0.2) is 60.7 Å². The summed E-state index contributed by atoms with van der Waals surface area (Å²) in [5, 5.41) is 9.88. The molecule has 6 nitrogen and oxygen atoms in total. The van der Waals surface area contributed by atoms with Gasteiger partial charge in [-0.3, -0.25) is 14.2 Å². The van der Waals surface area contributed by atoms with Gasteiger partial charge < -0.3 is 14.6 Å². The maximum Gasteiger partial charge on any atom is 0.307 e. The van der Waals surface area contributed by atoms with Gasteiger partial charge in [0.1, 0.15) is 30.0 Å². The number of ether oxygens (including phenoxy) is 2. The van der Waals surface area contributed by atoms with Gasteiger partial charge >= 0.3 is 5.97 Å². The summed E-state index contributed by atoms with van der Waals surface area (Å²) in [5.74, 6) is -0.674. The third-order valence-corrected chi connectivity index (χ3v) is 6.46. The summed E-state index contributed by atoms with van der Waals surface area (Å²) < 4.78 is 27.0. The lowest BCUT2D eigenvalue weighted by molar-refractivity contribution is -0.136. The fraction of sp³-hybridized carbons (Fsp3) is 0.185. The third-order valence-electron chi connectivity index (χ3n) is 6.15. The topological polar surface area (TPSA) is 77.8 Å². The van der Waals surface area contributed by atoms with E-state index >= 15 is 0 Å². The standard InChI is InChI=1S/C27H21ClFNO5/c1-15-21(13-26(31)32)22-11-17(29)6-9-24(22)30(15)27(33)20-8-7-18(12-23(20)28)34-14-19-10-16-4-2-3-5-25(16)35-19/h2-9,11-12,19H,10,13-14H2,1H3,(H,31,32)/t19-/m0/s1. The summed E-state index contributed by atoms with van der Waals surface area (Å²) in [5.41, 5.74) is 2.58. The summed E-state index contributed by atoms with van der Waals surface area (Å²) in [6.45, 7) is 1.96. The highest BCUT2D eigenvalue weighted by molar-refractivity contribution is 6.34. The Hall–Kier alpha value is -3.84. The molecule has 0 aliphatic carbocycles. The maximum absolute atomic E-state index is 13.9. The molecule has 0 saturated heterocycles. The Kier molecular flexibility index (Phi) is 5.94. The lowest BCUT2D eigenvalue weighted by atomic mass is 10.1. The van der Waals surface area contributed by atoms with Crippen molar-refractivity contribution in [3.8, 4) is 11.5 Å². The van der Waals surface area contributed by atoms with Crippen LogP contribution in [0.1, 0.15) is 27.2 Å². The molecule has 0 amide bonds. The molecular weight excluding hydrogens is 473 g/mol. The van der Waals surface area contributed by atoms with Crippen molar-refractivity contribution < 1.29 is 28.6 Å². The minimum atomic E-state index is -1.07. The molecule has 0 fully saturated rings. The van der Waals surface area contributed by atoms with Crippen molar-refractivity contribution in [2.24, 2.45) is 0 Å². The Bertz CT molecular complexity index is 1450. The average Bonchev–Trinajstić information content (AvgIpc) is 3.35. The number of hydrogen-bond donors (Lipinski definition) is 1. The highest BCUT2D eigenvalue weighted by atomic mass is 35.5. The molecule has 1 aliphatic heterocycles. The number of carboxylic acids is 1. The van der Waals surface area contributed by atoms with Crippen LogP contribution in [0.4, 0.5) is 4.39 Å². The summed E-state index contributed by atoms with van der Waals surface area (Å²) >= 11 is 6.46. The quantitative estimate of drug-likeness (QED) is 0.387. The van der Waals surface area contributed by atoms with E-state index in [-0.39, 0.29) is 23.1 Å². The van der Waals surface area contributed by atoms with Gasteiger partial charge in [0.05, 0.1) is 22.5 Å². The Morgan fingerprint density at radius 1 is 1.17 bits per heavy atom. The minimum absolute atomic E-state index is 0.116. The Labute approximate surface area is 205 Å². The maximum atomic E-state index is 13.9. The minimum Gasteiger partial charge on any atom is -0.490 e. The fourth-order valence-corrected chi connectivity index (χ4v) is 4.76. The van der Waals surface area contributed by atoms with Crippen LogP contribution < -0.4 is 9.47 Å². The number of benzene rings is 3. The van der Waals surface area contributed by atoms with E-state index in [0.717, 1.165) is 17.7 Å². The monoisotopic (exact) mass is 493 g/mol. The molecule has 178 valence electrons. The molecule has 1 N–H and O–H groups in total. The van der Waals surface area contributed by atoms with Crippen molar-refractivity contribution in [2.75, 3.05) is 6.61 Å². The van der Waals surface area contributed by atoms with Crippen LogP contribution >= 0.6 is 11.6 Å². The molecule has 0 spiro atoms. The van der Waals surface area contributed by atoms with Gasteiger partial charge in [-0.15, -0.1) is 0 Å². The Morgan fingerprint density at radius 3 is 2.71 bits per heavy atom. The lowest BCUT2D eigenvalue weighted by Gasteiger charge is -2.14. The van der Waals surface area contributed by atoms with Crippen LogP contribution in [0.25, 0.3) is 10.9 Å². The van der Waals surface area contributed by atoms with Crippen LogP contribution in [0, 0.1) is 12.7 Å². The van der Waals surface area contributed by atoms with Crippen molar-refractivity contribution in [1.29, 1.82) is 0 Å². The van der Waals surface area contributed by atoms with E-state index in [2.05, 4.69) is 0 Å². The molecule has 1 atom stereocenters. The first-order valence-electron chi connectivity index (χ1n) is 11.0. The number of nitrogens with zero attached hydrogens (tertiary/aromatic N) is 1. The molecule has 0 unspecified atom stereocenters. The van der Waals surface area contributed by atoms with Gasteiger partial charge in [-0.25, -0.2) is 4.39 Å². The lowest BCUT2D eigenvalue weighted by Crippen LogP contribution is -2.22. The normalized spacial score (nSPS) is 14.5. The zero-order valence-corrected chi connectivity index (χ0v) is 19.5. The number of aliphatic carboxylic acids is 1. The molecule has 4 aromatic rings. The van der Waals surface area contributed by atoms with E-state index in [1.807, 2.05) is 24.3 Å². The zero-order chi connectivity index (χ0) is 24.7. The molecule has 0 bridgehead atoms. The molecule has 0 saturated carbocycles. The molecule has 1 aromatic heterocycles. The van der Waals surface area contributed by atoms with Crippen LogP contribution in [0.3, 0.4) is 0 Å². The van der Waals surface area contributed by atoms with E-state index < -0.39 is 17.7 Å². The number of fused-ring (bicyclic) bond motifs is 2. The molecule has 2 heterocycles. The van der Waals surface area contributed by atoms with Crippen LogP contribution in [-0.4, -0.2) is 34.3 Å². The second kappa shape index (κ2) is 9.07. The zero-order valence-electron chi connectivity index (χ0n) is 18.8. The predicted molar refractivity (Wildman–Crippen MR) is 129 cm³/mol. The van der Waals surface area contributed by atoms with Crippen LogP contribution in [0.2, 0.25) is 5.02 Å². The average molecular weight is 494 g/mol. The number of para-hydroxylation sites is 1. The van der Waals surface area contributed by atoms with Gasteiger partial charge in [0, 0.05) is 17.5 Å². The van der Waals surface area contributed by atoms with Gasteiger partial charge in [-0.05, 0) is 60.5 Å². The highest BCUT2D eigenvalue weighted by Gasteiger charge is 2.25. The van der Waals surface area contributed by atoms with Gasteiger partial charge in [-0.2, -0.15) is 0 Å². The van der Waals surface area contributed by atoms with E-state index in [1.165, 1.54) is 22.8 Å². The van der Waals surface area contributed by atoms with E-state index in [0.29, 0.717) is 34.5 Å². The van der Waals surface area contributed by atoms with Crippen molar-refractivity contribution in [1.82, 2.24) is 4.57 Å². The predicted octanol–water partition coefficient (Wildman–Crippen LogP) is 5.44. The van der Waals surface area contributed by atoms with Crippen molar-refractivity contribution in [2.45, 2.75) is 25.9 Å². The number of hydrogen-bond acceptors (Lipinski definition) is 4. The van der Waals surface area contributed by atoms with E-state index in [9.17, 15) is 19.1 Å². The molecule has 3 aromatic carbocycles. The van der Waals surface area contributed by atoms with Crippen molar-refractivity contribution in [3.63, 3.8) is 0 Å². The summed E-state index contributed by atoms with van der Waals surface area (Å²) in [6, 6.07) is 16.6. The smallest absolute Gasteiger partial charge is 0.307 e. The summed E-state index contributed by atoms with van der Waals surface area (Å²) in [7, 11) is 0. The van der Waals surface area contributed by atoms with Crippen LogP contribution in [-0.2, 0) is 17.6 Å². The molecule has 0 radical (unpaired) electrons. The van der Waals surface area contributed by atoms with E-state index in [4.69, 9.17) is 21.1 Å². The molecule has 5 rings (SSSR count). The second-order valence-electron chi connectivity index (χ2n) is 8.44. The highest BCUT2D eigenvalue weighted by Crippen LogP contribution is 2.32. The first kappa shape index (κ1) is 22.9. The number of halogens is 2. The number of carbonyl (C=O) groups excluding carboxylic acids is 1. The molecule has 35 heavy (non-hydrogen) atoms. The van der Waals surface area contributed by atoms with Crippen molar-refractivity contribution >= 4 is 34.4 Å². The van der Waals surface area contributed by atoms with Gasteiger partial charge in [0.15, 0.2) is 0 Å². The Morgan fingerprint density at radius 2 is 1.97 bits per heavy atom. The van der Waals surface area contributed by atoms with Gasteiger partial charge in [-0.1, -0.05) is 29.8 Å².